The summed E-state index contributed by atoms with van der Waals surface area (Å²) in [6.07, 6.45) is 0. The molecule has 0 saturated carbocycles. The van der Waals surface area contributed by atoms with E-state index in [1.807, 2.05) is 4.72 Å². The van der Waals surface area contributed by atoms with Gasteiger partial charge in [-0.25, -0.2) is 8.42 Å². The summed E-state index contributed by atoms with van der Waals surface area (Å²) in [4.78, 5) is 0. The second kappa shape index (κ2) is 2.72. The van der Waals surface area contributed by atoms with Crippen molar-refractivity contribution in [1.82, 2.24) is 0 Å². The summed E-state index contributed by atoms with van der Waals surface area (Å²) in [5, 5.41) is 7.72. The lowest BCUT2D eigenvalue weighted by Crippen LogP contribution is -2.22. The van der Waals surface area contributed by atoms with E-state index in [1.54, 1.807) is 0 Å². The summed E-state index contributed by atoms with van der Waals surface area (Å²) in [5.41, 5.74) is -5.41. The molecule has 0 unspecified atom stereocenters. The van der Waals surface area contributed by atoms with Crippen LogP contribution in [0.3, 0.4) is 0 Å². The normalized spacial score (nSPS) is 13.6. The van der Waals surface area contributed by atoms with Crippen molar-refractivity contribution in [2.75, 3.05) is 6.73 Å². The summed E-state index contributed by atoms with van der Waals surface area (Å²) >= 11 is 0. The van der Waals surface area contributed by atoms with Gasteiger partial charge in [0.25, 0.3) is 0 Å². The van der Waals surface area contributed by atoms with Crippen LogP contribution < -0.4 is 0 Å². The third kappa shape index (κ3) is 2.12. The molecule has 0 amide bonds. The minimum Gasteiger partial charge on any atom is -0.519 e. The highest BCUT2D eigenvalue weighted by Gasteiger charge is 2.38. The van der Waals surface area contributed by atoms with Crippen LogP contribution in [0.5, 0.6) is 0 Å². The maximum atomic E-state index is 11.2. The van der Waals surface area contributed by atoms with Crippen LogP contribution in [-0.2, 0) is 10.0 Å². The van der Waals surface area contributed by atoms with Gasteiger partial charge in [0, 0.05) is 0 Å². The number of alkyl halides is 3. The minimum atomic E-state index is -5.47. The molecular weight excluding hydrogens is 175 g/mol. The van der Waals surface area contributed by atoms with Gasteiger partial charge in [0.05, 0.1) is 0 Å². The van der Waals surface area contributed by atoms with Crippen molar-refractivity contribution < 1.29 is 26.7 Å². The summed E-state index contributed by atoms with van der Waals surface area (Å²) in [5.74, 6) is 0. The molecule has 0 fully saturated rings. The fraction of sp³-hybridized carbons (Fsp3) is 1.00. The number of sulfonamides is 1. The molecule has 1 N–H and O–H groups in total. The predicted molar refractivity (Wildman–Crippen MR) is 25.4 cm³/mol. The molecule has 0 aromatic carbocycles. The highest BCUT2D eigenvalue weighted by atomic mass is 32.2. The molecule has 0 aliphatic rings. The van der Waals surface area contributed by atoms with Gasteiger partial charge >= 0.3 is 5.51 Å². The molecule has 0 heterocycles. The predicted octanol–water partition coefficient (Wildman–Crippen LogP) is 0.160. The Labute approximate surface area is 54.7 Å². The largest absolute Gasteiger partial charge is 0.519 e. The third-order valence-corrected chi connectivity index (χ3v) is 1.56. The first kappa shape index (κ1) is 9.66. The van der Waals surface area contributed by atoms with Gasteiger partial charge in [-0.05, 0) is 6.73 Å². The zero-order chi connectivity index (χ0) is 8.41. The van der Waals surface area contributed by atoms with Crippen molar-refractivity contribution in [3.05, 3.63) is 4.72 Å². The molecule has 0 aromatic heterocycles. The number of aliphatic hydroxyl groups excluding tert-OH is 1. The molecule has 8 heteroatoms. The summed E-state index contributed by atoms with van der Waals surface area (Å²) in [6.45, 7) is -1.39. The van der Waals surface area contributed by atoms with Gasteiger partial charge in [-0.1, -0.05) is 0 Å². The number of rotatable bonds is 2. The summed E-state index contributed by atoms with van der Waals surface area (Å²) in [7, 11) is -5.47. The smallest absolute Gasteiger partial charge is 0.480 e. The summed E-state index contributed by atoms with van der Waals surface area (Å²) in [6, 6.07) is 0. The fourth-order valence-corrected chi connectivity index (χ4v) is 0.448. The van der Waals surface area contributed by atoms with E-state index >= 15 is 0 Å². The third-order valence-electron chi connectivity index (χ3n) is 0.520. The zero-order valence-corrected chi connectivity index (χ0v) is 5.28. The van der Waals surface area contributed by atoms with Crippen molar-refractivity contribution in [1.29, 1.82) is 0 Å². The van der Waals surface area contributed by atoms with Gasteiger partial charge in [-0.3, -0.25) is 0 Å². The highest BCUT2D eigenvalue weighted by Crippen LogP contribution is 2.26. The van der Waals surface area contributed by atoms with E-state index < -0.39 is 22.3 Å². The van der Waals surface area contributed by atoms with Crippen LogP contribution in [0, 0.1) is 0 Å². The molecule has 0 rings (SSSR count). The molecule has 62 valence electrons. The van der Waals surface area contributed by atoms with E-state index in [-0.39, 0.29) is 0 Å². The quantitative estimate of drug-likeness (QED) is 0.654. The van der Waals surface area contributed by atoms with E-state index in [0.717, 1.165) is 0 Å². The van der Waals surface area contributed by atoms with Crippen LogP contribution in [0.2, 0.25) is 0 Å². The molecule has 0 bridgehead atoms. The Morgan fingerprint density at radius 3 is 1.90 bits per heavy atom. The second-order valence-electron chi connectivity index (χ2n) is 1.19. The van der Waals surface area contributed by atoms with Crippen molar-refractivity contribution in [2.24, 2.45) is 0 Å². The Hall–Kier alpha value is -0.340. The van der Waals surface area contributed by atoms with Crippen molar-refractivity contribution in [3.63, 3.8) is 0 Å². The molecule has 10 heavy (non-hydrogen) atoms. The lowest BCUT2D eigenvalue weighted by Gasteiger charge is -2.18. The first-order chi connectivity index (χ1) is 4.31. The van der Waals surface area contributed by atoms with Crippen molar-refractivity contribution in [3.8, 4) is 0 Å². The molecule has 0 aliphatic heterocycles. The van der Waals surface area contributed by atoms with E-state index in [0.29, 0.717) is 0 Å². The summed E-state index contributed by atoms with van der Waals surface area (Å²) < 4.78 is 55.2. The van der Waals surface area contributed by atoms with E-state index in [2.05, 4.69) is 0 Å². The molecule has 0 saturated heterocycles. The highest BCUT2D eigenvalue weighted by molar-refractivity contribution is 7.94. The maximum Gasteiger partial charge on any atom is 0.480 e. The van der Waals surface area contributed by atoms with E-state index in [9.17, 15) is 21.6 Å². The molecule has 0 spiro atoms. The first-order valence-corrected chi connectivity index (χ1v) is 3.36. The van der Waals surface area contributed by atoms with Crippen LogP contribution in [0.15, 0.2) is 0 Å². The molecule has 4 nitrogen and oxygen atoms in total. The number of hydrogen-bond donors (Lipinski definition) is 1. The Bertz CT molecular complexity index is 194. The minimum absolute atomic E-state index is 1.39. The fourth-order valence-electron chi connectivity index (χ4n) is 0.149. The topological polar surface area (TPSA) is 68.5 Å². The van der Waals surface area contributed by atoms with Crippen molar-refractivity contribution >= 4 is 10.0 Å². The van der Waals surface area contributed by atoms with Crippen LogP contribution in [0.1, 0.15) is 0 Å². The lowest BCUT2D eigenvalue weighted by molar-refractivity contribution is -0.0429. The molecular formula is C2H3F3NO3S-. The van der Waals surface area contributed by atoms with Gasteiger partial charge in [-0.15, -0.1) is 0 Å². The van der Waals surface area contributed by atoms with Crippen LogP contribution >= 0.6 is 0 Å². The lowest BCUT2D eigenvalue weighted by atomic mass is 11.4. The molecule has 0 atom stereocenters. The van der Waals surface area contributed by atoms with Crippen LogP contribution in [-0.4, -0.2) is 25.8 Å². The Morgan fingerprint density at radius 1 is 1.40 bits per heavy atom. The number of nitrogens with zero attached hydrogens (tertiary/aromatic N) is 1. The van der Waals surface area contributed by atoms with Gasteiger partial charge in [0.15, 0.2) is 10.0 Å². The molecule has 0 aromatic rings. The molecule has 0 aliphatic carbocycles. The number of halogens is 3. The Balaban J connectivity index is 4.44. The Morgan fingerprint density at radius 2 is 1.80 bits per heavy atom. The second-order valence-corrected chi connectivity index (χ2v) is 2.86. The van der Waals surface area contributed by atoms with Crippen molar-refractivity contribution in [2.45, 2.75) is 5.51 Å². The van der Waals surface area contributed by atoms with Gasteiger partial charge < -0.3 is 9.83 Å². The van der Waals surface area contributed by atoms with Crippen LogP contribution in [0.4, 0.5) is 13.2 Å². The van der Waals surface area contributed by atoms with E-state index in [4.69, 9.17) is 5.11 Å². The monoisotopic (exact) mass is 178 g/mol. The van der Waals surface area contributed by atoms with Gasteiger partial charge in [-0.2, -0.15) is 13.2 Å². The number of hydrogen-bond acceptors (Lipinski definition) is 3. The average Bonchev–Trinajstić information content (AvgIpc) is 1.61. The SMILES string of the molecule is O=S(=O)([N-]CO)C(F)(F)F. The maximum absolute atomic E-state index is 11.2. The van der Waals surface area contributed by atoms with Gasteiger partial charge in [0.1, 0.15) is 0 Å². The average molecular weight is 178 g/mol. The Kier molecular flexibility index (Phi) is 2.63. The first-order valence-electron chi connectivity index (χ1n) is 1.92. The zero-order valence-electron chi connectivity index (χ0n) is 4.46. The van der Waals surface area contributed by atoms with Gasteiger partial charge in [0.2, 0.25) is 0 Å². The van der Waals surface area contributed by atoms with Crippen LogP contribution in [0.25, 0.3) is 4.72 Å². The number of aliphatic hydroxyl groups is 1. The standard InChI is InChI=1S/C2H3F3NO3S/c3-2(4,5)10(8,9)6-1-7/h7H,1H2/q-1. The molecule has 0 radical (unpaired) electrons. The van der Waals surface area contributed by atoms with E-state index in [1.165, 1.54) is 0 Å².